The monoisotopic (exact) mass is 351 g/mol. The molecule has 24 heavy (non-hydrogen) atoms. The number of aryl methyl sites for hydroxylation is 1. The molecule has 0 unspecified atom stereocenters. The molecule has 0 spiro atoms. The molecule has 1 amide bonds. The number of hydrogen-bond donors (Lipinski definition) is 1. The number of aromatic nitrogens is 2. The van der Waals surface area contributed by atoms with Crippen molar-refractivity contribution in [3.63, 3.8) is 0 Å². The molecular formula is C16H21N3O4S. The number of hydrogen-bond acceptors (Lipinski definition) is 7. The predicted molar refractivity (Wildman–Crippen MR) is 92.6 cm³/mol. The summed E-state index contributed by atoms with van der Waals surface area (Å²) in [5.41, 5.74) is 0.384. The molecular weight excluding hydrogens is 330 g/mol. The maximum atomic E-state index is 12.4. The number of ether oxygens (including phenoxy) is 3. The predicted octanol–water partition coefficient (Wildman–Crippen LogP) is 3.16. The number of unbranched alkanes of at least 4 members (excludes halogenated alkanes) is 1. The van der Waals surface area contributed by atoms with Crippen molar-refractivity contribution in [2.75, 3.05) is 26.6 Å². The van der Waals surface area contributed by atoms with Crippen LogP contribution in [0.25, 0.3) is 0 Å². The van der Waals surface area contributed by atoms with E-state index in [4.69, 9.17) is 14.2 Å². The third kappa shape index (κ3) is 4.14. The molecule has 1 N–H and O–H groups in total. The van der Waals surface area contributed by atoms with Gasteiger partial charge in [0.1, 0.15) is 5.01 Å². The van der Waals surface area contributed by atoms with Gasteiger partial charge in [-0.25, -0.2) is 0 Å². The Kier molecular flexibility index (Phi) is 6.36. The molecule has 8 heteroatoms. The van der Waals surface area contributed by atoms with E-state index in [-0.39, 0.29) is 5.91 Å². The number of rotatable bonds is 8. The molecule has 2 rings (SSSR count). The molecule has 0 aliphatic carbocycles. The van der Waals surface area contributed by atoms with Crippen LogP contribution >= 0.6 is 11.3 Å². The van der Waals surface area contributed by atoms with E-state index in [1.54, 1.807) is 12.1 Å². The highest BCUT2D eigenvalue weighted by Gasteiger charge is 2.18. The second-order valence-electron chi connectivity index (χ2n) is 4.97. The van der Waals surface area contributed by atoms with Gasteiger partial charge >= 0.3 is 0 Å². The third-order valence-corrected chi connectivity index (χ3v) is 4.26. The van der Waals surface area contributed by atoms with Crippen molar-refractivity contribution in [2.24, 2.45) is 0 Å². The van der Waals surface area contributed by atoms with Gasteiger partial charge in [-0.1, -0.05) is 24.7 Å². The van der Waals surface area contributed by atoms with Gasteiger partial charge in [0.05, 0.1) is 21.3 Å². The van der Waals surface area contributed by atoms with Crippen LogP contribution in [0.4, 0.5) is 5.13 Å². The van der Waals surface area contributed by atoms with Crippen LogP contribution in [0.2, 0.25) is 0 Å². The summed E-state index contributed by atoms with van der Waals surface area (Å²) in [4.78, 5) is 12.4. The molecule has 0 saturated carbocycles. The molecule has 0 radical (unpaired) electrons. The van der Waals surface area contributed by atoms with Gasteiger partial charge in [-0.3, -0.25) is 10.1 Å². The van der Waals surface area contributed by atoms with Crippen molar-refractivity contribution in [3.05, 3.63) is 22.7 Å². The molecule has 130 valence electrons. The zero-order valence-corrected chi connectivity index (χ0v) is 15.0. The fourth-order valence-corrected chi connectivity index (χ4v) is 2.89. The summed E-state index contributed by atoms with van der Waals surface area (Å²) in [5.74, 6) is 0.965. The lowest BCUT2D eigenvalue weighted by atomic mass is 10.1. The maximum Gasteiger partial charge on any atom is 0.257 e. The van der Waals surface area contributed by atoms with Crippen molar-refractivity contribution >= 4 is 22.4 Å². The van der Waals surface area contributed by atoms with Crippen LogP contribution in [0, 0.1) is 0 Å². The summed E-state index contributed by atoms with van der Waals surface area (Å²) >= 11 is 1.38. The first-order valence-corrected chi connectivity index (χ1v) is 8.38. The van der Waals surface area contributed by atoms with Crippen LogP contribution in [0.15, 0.2) is 12.1 Å². The highest BCUT2D eigenvalue weighted by molar-refractivity contribution is 7.15. The Balaban J connectivity index is 2.18. The Hall–Kier alpha value is -2.35. The first-order valence-electron chi connectivity index (χ1n) is 7.56. The van der Waals surface area contributed by atoms with Crippen LogP contribution in [0.1, 0.15) is 35.1 Å². The molecule has 0 aliphatic rings. The van der Waals surface area contributed by atoms with Crippen molar-refractivity contribution in [3.8, 4) is 17.2 Å². The summed E-state index contributed by atoms with van der Waals surface area (Å²) in [6.45, 7) is 2.12. The SMILES string of the molecule is CCCCc1nnc(NC(=O)c2cc(OC)c(OC)c(OC)c2)s1. The second kappa shape index (κ2) is 8.49. The van der Waals surface area contributed by atoms with Crippen LogP contribution in [0.3, 0.4) is 0 Å². The molecule has 0 aliphatic heterocycles. The fourth-order valence-electron chi connectivity index (χ4n) is 2.11. The lowest BCUT2D eigenvalue weighted by molar-refractivity contribution is 0.102. The normalized spacial score (nSPS) is 10.3. The first kappa shape index (κ1) is 18.0. The molecule has 1 heterocycles. The number of benzene rings is 1. The van der Waals surface area contributed by atoms with E-state index in [1.165, 1.54) is 32.7 Å². The Morgan fingerprint density at radius 3 is 2.33 bits per heavy atom. The zero-order valence-electron chi connectivity index (χ0n) is 14.2. The molecule has 1 aromatic carbocycles. The number of nitrogens with one attached hydrogen (secondary N) is 1. The van der Waals surface area contributed by atoms with Gasteiger partial charge in [-0.15, -0.1) is 10.2 Å². The summed E-state index contributed by atoms with van der Waals surface area (Å²) in [6.07, 6.45) is 3.01. The summed E-state index contributed by atoms with van der Waals surface area (Å²) in [5, 5.41) is 12.2. The lowest BCUT2D eigenvalue weighted by Crippen LogP contribution is -2.12. The topological polar surface area (TPSA) is 82.6 Å². The average Bonchev–Trinajstić information content (AvgIpc) is 3.05. The van der Waals surface area contributed by atoms with Crippen molar-refractivity contribution in [1.82, 2.24) is 10.2 Å². The van der Waals surface area contributed by atoms with Crippen LogP contribution in [-0.4, -0.2) is 37.4 Å². The van der Waals surface area contributed by atoms with Crippen LogP contribution in [-0.2, 0) is 6.42 Å². The van der Waals surface area contributed by atoms with Crippen molar-refractivity contribution < 1.29 is 19.0 Å². The summed E-state index contributed by atoms with van der Waals surface area (Å²) in [6, 6.07) is 3.19. The number of methoxy groups -OCH3 is 3. The van der Waals surface area contributed by atoms with Crippen LogP contribution in [0.5, 0.6) is 17.2 Å². The van der Waals surface area contributed by atoms with E-state index in [0.29, 0.717) is 27.9 Å². The number of nitrogens with zero attached hydrogens (tertiary/aromatic N) is 2. The average molecular weight is 351 g/mol. The molecule has 0 atom stereocenters. The summed E-state index contributed by atoms with van der Waals surface area (Å²) in [7, 11) is 4.52. The minimum absolute atomic E-state index is 0.313. The Morgan fingerprint density at radius 2 is 1.79 bits per heavy atom. The Bertz CT molecular complexity index is 677. The van der Waals surface area contributed by atoms with Gasteiger partial charge < -0.3 is 14.2 Å². The number of amides is 1. The molecule has 2 aromatic rings. The molecule has 7 nitrogen and oxygen atoms in total. The van der Waals surface area contributed by atoms with Crippen molar-refractivity contribution in [1.29, 1.82) is 0 Å². The van der Waals surface area contributed by atoms with E-state index in [0.717, 1.165) is 24.3 Å². The van der Waals surface area contributed by atoms with E-state index in [1.807, 2.05) is 0 Å². The lowest BCUT2D eigenvalue weighted by Gasteiger charge is -2.13. The number of carbonyl (C=O) groups is 1. The van der Waals surface area contributed by atoms with Gasteiger partial charge in [0.2, 0.25) is 10.9 Å². The largest absolute Gasteiger partial charge is 0.493 e. The zero-order chi connectivity index (χ0) is 17.5. The minimum Gasteiger partial charge on any atom is -0.493 e. The fraction of sp³-hybridized carbons (Fsp3) is 0.438. The van der Waals surface area contributed by atoms with Gasteiger partial charge in [-0.2, -0.15) is 0 Å². The first-order chi connectivity index (χ1) is 11.6. The van der Waals surface area contributed by atoms with Gasteiger partial charge in [0.25, 0.3) is 5.91 Å². The standard InChI is InChI=1S/C16H21N3O4S/c1-5-6-7-13-18-19-16(24-13)17-15(20)10-8-11(21-2)14(23-4)12(9-10)22-3/h8-9H,5-7H2,1-4H3,(H,17,19,20). The van der Waals surface area contributed by atoms with E-state index in [9.17, 15) is 4.79 Å². The highest BCUT2D eigenvalue weighted by Crippen LogP contribution is 2.38. The molecule has 0 bridgehead atoms. The van der Waals surface area contributed by atoms with E-state index in [2.05, 4.69) is 22.4 Å². The number of carbonyl (C=O) groups excluding carboxylic acids is 1. The molecule has 1 aromatic heterocycles. The second-order valence-corrected chi connectivity index (χ2v) is 6.03. The van der Waals surface area contributed by atoms with Gasteiger partial charge in [-0.05, 0) is 18.6 Å². The third-order valence-electron chi connectivity index (χ3n) is 3.36. The Morgan fingerprint density at radius 1 is 1.12 bits per heavy atom. The smallest absolute Gasteiger partial charge is 0.257 e. The molecule has 0 fully saturated rings. The summed E-state index contributed by atoms with van der Waals surface area (Å²) < 4.78 is 15.8. The number of anilines is 1. The minimum atomic E-state index is -0.313. The quantitative estimate of drug-likeness (QED) is 0.787. The van der Waals surface area contributed by atoms with E-state index < -0.39 is 0 Å². The maximum absolute atomic E-state index is 12.4. The molecule has 0 saturated heterocycles. The van der Waals surface area contributed by atoms with Gasteiger partial charge in [0.15, 0.2) is 11.5 Å². The van der Waals surface area contributed by atoms with Crippen LogP contribution < -0.4 is 19.5 Å². The Labute approximate surface area is 145 Å². The van der Waals surface area contributed by atoms with E-state index >= 15 is 0 Å². The van der Waals surface area contributed by atoms with Crippen molar-refractivity contribution in [2.45, 2.75) is 26.2 Å². The van der Waals surface area contributed by atoms with Gasteiger partial charge in [0, 0.05) is 12.0 Å². The highest BCUT2D eigenvalue weighted by atomic mass is 32.1.